The Morgan fingerprint density at radius 2 is 2.12 bits per heavy atom. The predicted octanol–water partition coefficient (Wildman–Crippen LogP) is 1.63. The van der Waals surface area contributed by atoms with Gasteiger partial charge in [-0.2, -0.15) is 0 Å². The minimum Gasteiger partial charge on any atom is -0.381 e. The highest BCUT2D eigenvalue weighted by molar-refractivity contribution is 7.77. The number of hydrogen-bond donors (Lipinski definition) is 3. The zero-order chi connectivity index (χ0) is 17.6. The molecule has 2 rings (SSSR count). The van der Waals surface area contributed by atoms with Crippen LogP contribution in [-0.4, -0.2) is 34.4 Å². The first-order chi connectivity index (χ1) is 11.5. The lowest BCUT2D eigenvalue weighted by Gasteiger charge is -2.36. The minimum atomic E-state index is -2.20. The Balaban J connectivity index is 2.27. The second-order valence-corrected chi connectivity index (χ2v) is 6.61. The lowest BCUT2D eigenvalue weighted by molar-refractivity contribution is -0.130. The van der Waals surface area contributed by atoms with Gasteiger partial charge in [-0.3, -0.25) is 9.35 Å². The first-order valence-electron chi connectivity index (χ1n) is 7.99. The quantitative estimate of drug-likeness (QED) is 0.647. The summed E-state index contributed by atoms with van der Waals surface area (Å²) in [6, 6.07) is 4.63. The fourth-order valence-electron chi connectivity index (χ4n) is 2.90. The number of amides is 1. The smallest absolute Gasteiger partial charge is 0.232 e. The molecular weight excluding hydrogens is 335 g/mol. The van der Waals surface area contributed by atoms with Crippen molar-refractivity contribution in [2.45, 2.75) is 38.1 Å². The molecule has 1 aliphatic heterocycles. The molecule has 1 aromatic carbocycles. The average molecular weight is 358 g/mol. The van der Waals surface area contributed by atoms with Crippen LogP contribution in [0.15, 0.2) is 18.2 Å². The van der Waals surface area contributed by atoms with Gasteiger partial charge in [-0.1, -0.05) is 19.1 Å². The third-order valence-electron chi connectivity index (χ3n) is 4.31. The summed E-state index contributed by atoms with van der Waals surface area (Å²) in [5.41, 5.74) is 0.100. The Morgan fingerprint density at radius 1 is 1.42 bits per heavy atom. The molecule has 0 bridgehead atoms. The third kappa shape index (κ3) is 4.38. The van der Waals surface area contributed by atoms with Crippen LogP contribution >= 0.6 is 0 Å². The summed E-state index contributed by atoms with van der Waals surface area (Å²) in [7, 11) is 0. The molecule has 6 nitrogen and oxygen atoms in total. The molecule has 134 valence electrons. The second-order valence-electron chi connectivity index (χ2n) is 5.83. The molecule has 3 N–H and O–H groups in total. The van der Waals surface area contributed by atoms with E-state index in [2.05, 4.69) is 10.0 Å². The molecule has 0 spiro atoms. The molecule has 0 aromatic heterocycles. The third-order valence-corrected chi connectivity index (χ3v) is 4.70. The molecular formula is C16H23FN2O4S. The van der Waals surface area contributed by atoms with Gasteiger partial charge in [0.05, 0.1) is 5.41 Å². The number of rotatable bonds is 7. The van der Waals surface area contributed by atoms with Crippen LogP contribution in [0.2, 0.25) is 0 Å². The summed E-state index contributed by atoms with van der Waals surface area (Å²) in [5.74, 6) is -0.603. The van der Waals surface area contributed by atoms with Gasteiger partial charge in [-0.05, 0) is 30.9 Å². The van der Waals surface area contributed by atoms with Crippen LogP contribution in [0.5, 0.6) is 0 Å². The maximum Gasteiger partial charge on any atom is 0.232 e. The first kappa shape index (κ1) is 19.0. The summed E-state index contributed by atoms with van der Waals surface area (Å²) in [6.07, 6.45) is 1.83. The van der Waals surface area contributed by atoms with Crippen molar-refractivity contribution in [1.29, 1.82) is 0 Å². The minimum absolute atomic E-state index is 0.0621. The molecule has 0 saturated carbocycles. The van der Waals surface area contributed by atoms with Crippen molar-refractivity contribution in [2.75, 3.05) is 19.8 Å². The van der Waals surface area contributed by atoms with Gasteiger partial charge >= 0.3 is 0 Å². The summed E-state index contributed by atoms with van der Waals surface area (Å²) in [6.45, 7) is 3.40. The van der Waals surface area contributed by atoms with E-state index >= 15 is 0 Å². The number of carbonyl (C=O) groups excluding carboxylic acids is 1. The zero-order valence-electron chi connectivity index (χ0n) is 13.6. The normalized spacial score (nSPS) is 18.1. The molecule has 1 amide bonds. The molecule has 0 aliphatic carbocycles. The highest BCUT2D eigenvalue weighted by Gasteiger charge is 2.41. The van der Waals surface area contributed by atoms with Crippen molar-refractivity contribution in [3.63, 3.8) is 0 Å². The Kier molecular flexibility index (Phi) is 6.85. The van der Waals surface area contributed by atoms with E-state index in [-0.39, 0.29) is 18.0 Å². The Labute approximate surface area is 143 Å². The van der Waals surface area contributed by atoms with Gasteiger partial charge in [0.15, 0.2) is 0 Å². The Morgan fingerprint density at radius 3 is 2.71 bits per heavy atom. The number of benzene rings is 1. The van der Waals surface area contributed by atoms with Crippen LogP contribution < -0.4 is 10.0 Å². The number of hydrogen-bond acceptors (Lipinski definition) is 3. The van der Waals surface area contributed by atoms with E-state index in [9.17, 15) is 13.4 Å². The van der Waals surface area contributed by atoms with Crippen molar-refractivity contribution >= 4 is 17.2 Å². The number of carbonyl (C=O) groups is 1. The first-order valence-corrected chi connectivity index (χ1v) is 9.09. The molecule has 1 atom stereocenters. The molecule has 0 radical (unpaired) electrons. The lowest BCUT2D eigenvalue weighted by atomic mass is 9.73. The van der Waals surface area contributed by atoms with E-state index in [4.69, 9.17) is 9.29 Å². The van der Waals surface area contributed by atoms with Crippen molar-refractivity contribution in [1.82, 2.24) is 10.0 Å². The molecule has 1 saturated heterocycles. The number of nitrogens with one attached hydrogen (secondary N) is 2. The van der Waals surface area contributed by atoms with Crippen LogP contribution in [0.3, 0.4) is 0 Å². The second kappa shape index (κ2) is 8.66. The maximum absolute atomic E-state index is 14.4. The van der Waals surface area contributed by atoms with Gasteiger partial charge in [-0.15, -0.1) is 0 Å². The monoisotopic (exact) mass is 358 g/mol. The average Bonchev–Trinajstić information content (AvgIpc) is 2.58. The van der Waals surface area contributed by atoms with E-state index in [0.29, 0.717) is 38.2 Å². The maximum atomic E-state index is 14.4. The van der Waals surface area contributed by atoms with E-state index < -0.39 is 22.5 Å². The summed E-state index contributed by atoms with van der Waals surface area (Å²) in [5, 5.41) is 2.91. The largest absolute Gasteiger partial charge is 0.381 e. The van der Waals surface area contributed by atoms with Gasteiger partial charge in [-0.25, -0.2) is 13.3 Å². The van der Waals surface area contributed by atoms with Crippen molar-refractivity contribution < 1.29 is 22.7 Å². The lowest BCUT2D eigenvalue weighted by Crippen LogP contribution is -2.48. The van der Waals surface area contributed by atoms with Gasteiger partial charge in [0.2, 0.25) is 17.2 Å². The molecule has 8 heteroatoms. The molecule has 1 aromatic rings. The molecule has 24 heavy (non-hydrogen) atoms. The fraction of sp³-hybridized carbons (Fsp3) is 0.562. The van der Waals surface area contributed by atoms with Crippen molar-refractivity contribution in [2.24, 2.45) is 0 Å². The van der Waals surface area contributed by atoms with Gasteiger partial charge < -0.3 is 10.1 Å². The highest BCUT2D eigenvalue weighted by Crippen LogP contribution is 2.36. The van der Waals surface area contributed by atoms with Crippen LogP contribution in [0.1, 0.15) is 37.3 Å². The number of ether oxygens (including phenoxy) is 1. The fourth-order valence-corrected chi connectivity index (χ4v) is 3.18. The SMILES string of the molecule is CCCNC(=O)C1(c2ccc(CNS(=O)O)c(F)c2)CCOCC1. The van der Waals surface area contributed by atoms with Gasteiger partial charge in [0.1, 0.15) is 5.82 Å². The van der Waals surface area contributed by atoms with Gasteiger partial charge in [0.25, 0.3) is 0 Å². The summed E-state index contributed by atoms with van der Waals surface area (Å²) < 4.78 is 41.4. The van der Waals surface area contributed by atoms with Crippen LogP contribution in [0, 0.1) is 5.82 Å². The Bertz CT molecular complexity index is 606. The molecule has 1 fully saturated rings. The van der Waals surface area contributed by atoms with E-state index in [0.717, 1.165) is 6.42 Å². The molecule has 1 heterocycles. The summed E-state index contributed by atoms with van der Waals surface area (Å²) in [4.78, 5) is 12.7. The van der Waals surface area contributed by atoms with Crippen LogP contribution in [0.25, 0.3) is 0 Å². The highest BCUT2D eigenvalue weighted by atomic mass is 32.2. The number of halogens is 1. The molecule has 1 unspecified atom stereocenters. The topological polar surface area (TPSA) is 87.7 Å². The van der Waals surface area contributed by atoms with E-state index in [1.54, 1.807) is 12.1 Å². The Hall–Kier alpha value is -1.35. The van der Waals surface area contributed by atoms with Crippen LogP contribution in [0.4, 0.5) is 4.39 Å². The standard InChI is InChI=1S/C16H23FN2O4S/c1-2-7-18-15(20)16(5-8-23-9-6-16)13-4-3-12(14(17)10-13)11-19-24(21)22/h3-4,10,19H,2,5-9,11H2,1H3,(H,18,20)(H,21,22). The van der Waals surface area contributed by atoms with E-state index in [1.165, 1.54) is 6.07 Å². The van der Waals surface area contributed by atoms with E-state index in [1.807, 2.05) is 6.92 Å². The predicted molar refractivity (Wildman–Crippen MR) is 89.0 cm³/mol. The van der Waals surface area contributed by atoms with Gasteiger partial charge in [0, 0.05) is 31.9 Å². The van der Waals surface area contributed by atoms with Crippen molar-refractivity contribution in [3.05, 3.63) is 35.1 Å². The molecule has 1 aliphatic rings. The van der Waals surface area contributed by atoms with Crippen LogP contribution in [-0.2, 0) is 32.8 Å². The summed E-state index contributed by atoms with van der Waals surface area (Å²) >= 11 is -2.20. The van der Waals surface area contributed by atoms with Crippen molar-refractivity contribution in [3.8, 4) is 0 Å². The zero-order valence-corrected chi connectivity index (χ0v) is 14.5.